The van der Waals surface area contributed by atoms with Crippen LogP contribution in [-0.4, -0.2) is 57.1 Å². The lowest BCUT2D eigenvalue weighted by molar-refractivity contribution is -0.880. The maximum Gasteiger partial charge on any atom is 0.138 e. The van der Waals surface area contributed by atoms with Crippen LogP contribution < -0.4 is 12.4 Å². The number of hydrogen-bond donors (Lipinski definition) is 0. The summed E-state index contributed by atoms with van der Waals surface area (Å²) in [5.74, 6) is 0. The van der Waals surface area contributed by atoms with Gasteiger partial charge in [0.1, 0.15) is 25.3 Å². The molecule has 0 saturated carbocycles. The molecule has 0 aromatic carbocycles. The largest absolute Gasteiger partial charge is 1.00 e. The summed E-state index contributed by atoms with van der Waals surface area (Å²) in [6, 6.07) is 0. The van der Waals surface area contributed by atoms with Crippen molar-refractivity contribution in [1.82, 2.24) is 0 Å². The second-order valence-corrected chi connectivity index (χ2v) is 15.0. The summed E-state index contributed by atoms with van der Waals surface area (Å²) >= 11 is 0. The zero-order valence-electron chi connectivity index (χ0n) is 31.7. The molecule has 1 aliphatic rings. The van der Waals surface area contributed by atoms with E-state index in [4.69, 9.17) is 9.47 Å². The summed E-state index contributed by atoms with van der Waals surface area (Å²) in [6.07, 6.45) is 48.1. The smallest absolute Gasteiger partial charge is 0.138 e. The highest BCUT2D eigenvalue weighted by atomic mass is 35.5. The van der Waals surface area contributed by atoms with Crippen LogP contribution in [-0.2, 0) is 9.47 Å². The molecule has 2 atom stereocenters. The predicted molar refractivity (Wildman–Crippen MR) is 200 cm³/mol. The van der Waals surface area contributed by atoms with E-state index >= 15 is 0 Å². The lowest BCUT2D eigenvalue weighted by Crippen LogP contribution is -3.00. The van der Waals surface area contributed by atoms with Gasteiger partial charge in [-0.25, -0.2) is 0 Å². The average molecular weight is 669 g/mol. The zero-order valence-corrected chi connectivity index (χ0v) is 32.5. The number of rotatable bonds is 34. The van der Waals surface area contributed by atoms with Gasteiger partial charge in [-0.3, -0.25) is 0 Å². The Morgan fingerprint density at radius 3 is 0.978 bits per heavy atom. The number of nitrogens with zero attached hydrogens (tertiary/aromatic N) is 1. The Morgan fingerprint density at radius 1 is 0.413 bits per heavy atom. The molecule has 0 aliphatic carbocycles. The van der Waals surface area contributed by atoms with Crippen molar-refractivity contribution in [1.29, 1.82) is 0 Å². The number of ether oxygens (including phenoxy) is 2. The Balaban J connectivity index is 0.0000202. The van der Waals surface area contributed by atoms with Crippen LogP contribution in [0.3, 0.4) is 0 Å². The lowest BCUT2D eigenvalue weighted by Gasteiger charge is -2.22. The van der Waals surface area contributed by atoms with E-state index in [9.17, 15) is 0 Å². The van der Waals surface area contributed by atoms with Crippen LogP contribution in [0.15, 0.2) is 24.3 Å². The minimum atomic E-state index is 0. The van der Waals surface area contributed by atoms with E-state index in [1.165, 1.54) is 180 Å². The molecule has 0 amide bonds. The fraction of sp³-hybridized carbons (Fsp3) is 0.905. The van der Waals surface area contributed by atoms with E-state index in [1.807, 2.05) is 0 Å². The number of hydrogen-bond acceptors (Lipinski definition) is 2. The van der Waals surface area contributed by atoms with Gasteiger partial charge in [-0.05, 0) is 64.2 Å². The van der Waals surface area contributed by atoms with Crippen LogP contribution in [0, 0.1) is 0 Å². The Morgan fingerprint density at radius 2 is 0.674 bits per heavy atom. The minimum Gasteiger partial charge on any atom is -1.00 e. The van der Waals surface area contributed by atoms with Gasteiger partial charge in [-0.15, -0.1) is 0 Å². The van der Waals surface area contributed by atoms with Crippen LogP contribution in [0.5, 0.6) is 0 Å². The van der Waals surface area contributed by atoms with Gasteiger partial charge in [-0.2, -0.15) is 0 Å². The summed E-state index contributed by atoms with van der Waals surface area (Å²) in [5.41, 5.74) is 0. The molecule has 0 bridgehead atoms. The van der Waals surface area contributed by atoms with Crippen molar-refractivity contribution in [3.8, 4) is 0 Å². The molecule has 0 N–H and O–H groups in total. The second kappa shape index (κ2) is 34.5. The molecule has 1 heterocycles. The number of halogens is 1. The second-order valence-electron chi connectivity index (χ2n) is 15.0. The highest BCUT2D eigenvalue weighted by Crippen LogP contribution is 2.22. The SMILES string of the molecule is CCCCCCCC/C=C\CCCCCCCCOC1C[N+](C)(C)C[C@H]1OCCCCCCCC/C=C\CCCCCCCC.[Cl-]. The molecule has 4 heteroatoms. The summed E-state index contributed by atoms with van der Waals surface area (Å²) in [4.78, 5) is 0. The normalized spacial score (nSPS) is 17.8. The fourth-order valence-corrected chi connectivity index (χ4v) is 6.77. The first-order valence-corrected chi connectivity index (χ1v) is 20.4. The number of quaternary nitrogens is 1. The molecule has 1 rings (SSSR count). The highest BCUT2D eigenvalue weighted by molar-refractivity contribution is 4.82. The Kier molecular flexibility index (Phi) is 34.2. The first-order valence-electron chi connectivity index (χ1n) is 20.4. The molecule has 46 heavy (non-hydrogen) atoms. The van der Waals surface area contributed by atoms with Crippen LogP contribution in [0.2, 0.25) is 0 Å². The summed E-state index contributed by atoms with van der Waals surface area (Å²) in [5, 5.41) is 0. The maximum absolute atomic E-state index is 6.40. The van der Waals surface area contributed by atoms with Crippen molar-refractivity contribution in [2.75, 3.05) is 40.4 Å². The van der Waals surface area contributed by atoms with Gasteiger partial charge in [-0.1, -0.05) is 154 Å². The molecular formula is C42H82ClNO2. The molecule has 3 nitrogen and oxygen atoms in total. The van der Waals surface area contributed by atoms with E-state index in [0.717, 1.165) is 30.8 Å². The summed E-state index contributed by atoms with van der Waals surface area (Å²) < 4.78 is 13.8. The quantitative estimate of drug-likeness (QED) is 0.0386. The van der Waals surface area contributed by atoms with Gasteiger partial charge in [0.05, 0.1) is 14.1 Å². The third-order valence-corrected chi connectivity index (χ3v) is 9.74. The number of allylic oxidation sites excluding steroid dienone is 4. The fourth-order valence-electron chi connectivity index (χ4n) is 6.77. The van der Waals surface area contributed by atoms with Crippen molar-refractivity contribution in [3.63, 3.8) is 0 Å². The van der Waals surface area contributed by atoms with Gasteiger partial charge in [0.2, 0.25) is 0 Å². The van der Waals surface area contributed by atoms with E-state index in [1.54, 1.807) is 0 Å². The van der Waals surface area contributed by atoms with Crippen LogP contribution >= 0.6 is 0 Å². The number of unbranched alkanes of at least 4 members (excludes halogenated alkanes) is 24. The highest BCUT2D eigenvalue weighted by Gasteiger charge is 2.41. The first-order chi connectivity index (χ1) is 22.1. The molecule has 1 saturated heterocycles. The molecule has 0 radical (unpaired) electrons. The minimum absolute atomic E-state index is 0. The topological polar surface area (TPSA) is 18.5 Å². The van der Waals surface area contributed by atoms with Gasteiger partial charge in [0.15, 0.2) is 0 Å². The first kappa shape index (κ1) is 45.6. The van der Waals surface area contributed by atoms with Crippen molar-refractivity contribution >= 4 is 0 Å². The molecule has 1 unspecified atom stereocenters. The van der Waals surface area contributed by atoms with E-state index < -0.39 is 0 Å². The molecule has 0 spiro atoms. The molecule has 0 aromatic rings. The van der Waals surface area contributed by atoms with Crippen molar-refractivity contribution < 1.29 is 26.4 Å². The predicted octanol–water partition coefficient (Wildman–Crippen LogP) is 9.93. The molecular weight excluding hydrogens is 586 g/mol. The van der Waals surface area contributed by atoms with E-state index in [2.05, 4.69) is 52.2 Å². The summed E-state index contributed by atoms with van der Waals surface area (Å²) in [7, 11) is 4.65. The monoisotopic (exact) mass is 668 g/mol. The third-order valence-electron chi connectivity index (χ3n) is 9.74. The van der Waals surface area contributed by atoms with Gasteiger partial charge < -0.3 is 26.4 Å². The third kappa shape index (κ3) is 29.8. The molecule has 1 aliphatic heterocycles. The maximum atomic E-state index is 6.40. The summed E-state index contributed by atoms with van der Waals surface area (Å²) in [6.45, 7) is 8.56. The van der Waals surface area contributed by atoms with E-state index in [0.29, 0.717) is 0 Å². The van der Waals surface area contributed by atoms with Gasteiger partial charge in [0.25, 0.3) is 0 Å². The van der Waals surface area contributed by atoms with Gasteiger partial charge >= 0.3 is 0 Å². The standard InChI is InChI=1S/C42H82NO2.ClH/c1-5-7-9-11-13-15-17-19-21-23-25-27-29-31-33-35-37-44-41-39-43(3,4)40-42(41)45-38-36-34-32-30-28-26-24-22-20-18-16-14-12-10-8-6-2;/h19-22,41-42H,5-18,23-40H2,1-4H3;1H/q+1;/p-1/b21-19-,22-20-;/t41-,42?;/m1./s1. The van der Waals surface area contributed by atoms with Gasteiger partial charge in [0, 0.05) is 13.2 Å². The van der Waals surface area contributed by atoms with E-state index in [-0.39, 0.29) is 24.6 Å². The Hall–Kier alpha value is -0.350. The van der Waals surface area contributed by atoms with Crippen molar-refractivity contribution in [3.05, 3.63) is 24.3 Å². The number of likely N-dealkylation sites (tertiary alicyclic amines) is 1. The van der Waals surface area contributed by atoms with Crippen LogP contribution in [0.4, 0.5) is 0 Å². The zero-order chi connectivity index (χ0) is 32.5. The van der Waals surface area contributed by atoms with Crippen LogP contribution in [0.25, 0.3) is 0 Å². The Bertz CT molecular complexity index is 610. The molecule has 274 valence electrons. The van der Waals surface area contributed by atoms with Crippen molar-refractivity contribution in [2.45, 2.75) is 206 Å². The van der Waals surface area contributed by atoms with Crippen molar-refractivity contribution in [2.24, 2.45) is 0 Å². The number of likely N-dealkylation sites (N-methyl/N-ethyl adjacent to an activating group) is 1. The lowest BCUT2D eigenvalue weighted by atomic mass is 10.1. The molecule has 1 fully saturated rings. The Labute approximate surface area is 296 Å². The average Bonchev–Trinajstić information content (AvgIpc) is 3.32. The van der Waals surface area contributed by atoms with Crippen LogP contribution in [0.1, 0.15) is 194 Å². The molecule has 0 aromatic heterocycles.